The van der Waals surface area contributed by atoms with Crippen LogP contribution in [0.3, 0.4) is 0 Å². The number of alkyl halides is 2. The summed E-state index contributed by atoms with van der Waals surface area (Å²) >= 11 is 0. The third kappa shape index (κ3) is 6.16. The van der Waals surface area contributed by atoms with Crippen molar-refractivity contribution in [3.8, 4) is 28.0 Å². The van der Waals surface area contributed by atoms with Crippen molar-refractivity contribution < 1.29 is 31.1 Å². The molecule has 7 heteroatoms. The Kier molecular flexibility index (Phi) is 7.91. The molecule has 0 spiro atoms. The molecule has 0 bridgehead atoms. The fourth-order valence-corrected chi connectivity index (χ4v) is 4.03. The molecule has 0 heterocycles. The first-order chi connectivity index (χ1) is 17.7. The Morgan fingerprint density at radius 2 is 1.30 bits per heavy atom. The minimum absolute atomic E-state index is 0.0372. The van der Waals surface area contributed by atoms with Crippen LogP contribution in [0.4, 0.5) is 26.3 Å². The Balaban J connectivity index is 1.53. The second-order valence-corrected chi connectivity index (χ2v) is 8.74. The average molecular weight is 515 g/mol. The molecular weight excluding hydrogens is 490 g/mol. The molecular formula is C30H24F6O. The number of halogens is 6. The first-order valence-corrected chi connectivity index (χ1v) is 11.9. The van der Waals surface area contributed by atoms with E-state index in [1.807, 2.05) is 24.3 Å². The van der Waals surface area contributed by atoms with Gasteiger partial charge >= 0.3 is 6.11 Å². The maximum Gasteiger partial charge on any atom is 0.429 e. The molecule has 192 valence electrons. The van der Waals surface area contributed by atoms with E-state index >= 15 is 0 Å². The van der Waals surface area contributed by atoms with Crippen LogP contribution < -0.4 is 4.74 Å². The molecule has 4 rings (SSSR count). The quantitative estimate of drug-likeness (QED) is 0.160. The van der Waals surface area contributed by atoms with E-state index in [4.69, 9.17) is 0 Å². The number of benzene rings is 4. The molecule has 0 atom stereocenters. The van der Waals surface area contributed by atoms with Gasteiger partial charge in [-0.05, 0) is 65.4 Å². The summed E-state index contributed by atoms with van der Waals surface area (Å²) in [6, 6.07) is 16.9. The summed E-state index contributed by atoms with van der Waals surface area (Å²) in [5.74, 6) is -5.28. The maximum atomic E-state index is 15.0. The van der Waals surface area contributed by atoms with E-state index in [0.717, 1.165) is 55.5 Å². The predicted octanol–water partition coefficient (Wildman–Crippen LogP) is 9.44. The van der Waals surface area contributed by atoms with Crippen molar-refractivity contribution in [2.75, 3.05) is 0 Å². The Morgan fingerprint density at radius 3 is 1.95 bits per heavy atom. The highest BCUT2D eigenvalue weighted by molar-refractivity contribution is 5.71. The minimum Gasteiger partial charge on any atom is -0.429 e. The van der Waals surface area contributed by atoms with Gasteiger partial charge in [0, 0.05) is 11.6 Å². The highest BCUT2D eigenvalue weighted by Gasteiger charge is 2.38. The smallest absolute Gasteiger partial charge is 0.429 e. The van der Waals surface area contributed by atoms with Crippen molar-refractivity contribution in [2.45, 2.75) is 38.7 Å². The largest absolute Gasteiger partial charge is 0.429 e. The summed E-state index contributed by atoms with van der Waals surface area (Å²) in [5.41, 5.74) is 1.62. The lowest BCUT2D eigenvalue weighted by Gasteiger charge is -2.19. The average Bonchev–Trinajstić information content (AvgIpc) is 2.86. The third-order valence-electron chi connectivity index (χ3n) is 6.06. The molecule has 1 nitrogen and oxygen atoms in total. The highest BCUT2D eigenvalue weighted by Crippen LogP contribution is 2.36. The SMILES string of the molecule is CCCCCc1ccc(-c2ccc(-c3ccc(C(F)(F)Oc4ccc(F)c(F)c4)c(F)c3)c(F)c2)cc1. The molecule has 0 saturated heterocycles. The van der Waals surface area contributed by atoms with Crippen LogP contribution in [-0.2, 0) is 12.5 Å². The molecule has 0 unspecified atom stereocenters. The Morgan fingerprint density at radius 1 is 0.622 bits per heavy atom. The number of aryl methyl sites for hydroxylation is 1. The van der Waals surface area contributed by atoms with Crippen LogP contribution in [0, 0.1) is 23.3 Å². The molecule has 0 aliphatic carbocycles. The van der Waals surface area contributed by atoms with Gasteiger partial charge in [-0.2, -0.15) is 8.78 Å². The first-order valence-electron chi connectivity index (χ1n) is 11.9. The topological polar surface area (TPSA) is 9.23 Å². The van der Waals surface area contributed by atoms with Gasteiger partial charge in [-0.3, -0.25) is 0 Å². The summed E-state index contributed by atoms with van der Waals surface area (Å²) in [7, 11) is 0. The second-order valence-electron chi connectivity index (χ2n) is 8.74. The van der Waals surface area contributed by atoms with Crippen LogP contribution >= 0.6 is 0 Å². The molecule has 0 aromatic heterocycles. The fourth-order valence-electron chi connectivity index (χ4n) is 4.03. The monoisotopic (exact) mass is 514 g/mol. The predicted molar refractivity (Wildman–Crippen MR) is 131 cm³/mol. The minimum atomic E-state index is -4.18. The van der Waals surface area contributed by atoms with Gasteiger partial charge in [0.2, 0.25) is 0 Å². The van der Waals surface area contributed by atoms with E-state index in [9.17, 15) is 26.3 Å². The van der Waals surface area contributed by atoms with Crippen molar-refractivity contribution >= 4 is 0 Å². The Hall–Kier alpha value is -3.74. The van der Waals surface area contributed by atoms with E-state index in [1.54, 1.807) is 6.07 Å². The van der Waals surface area contributed by atoms with Gasteiger partial charge in [-0.1, -0.05) is 62.2 Å². The van der Waals surface area contributed by atoms with Crippen LogP contribution in [0.25, 0.3) is 22.3 Å². The summed E-state index contributed by atoms with van der Waals surface area (Å²) in [6.07, 6.45) is 0.210. The summed E-state index contributed by atoms with van der Waals surface area (Å²) in [5, 5.41) is 0. The lowest BCUT2D eigenvalue weighted by Crippen LogP contribution is -2.23. The van der Waals surface area contributed by atoms with E-state index in [2.05, 4.69) is 11.7 Å². The zero-order chi connectivity index (χ0) is 26.6. The van der Waals surface area contributed by atoms with Crippen molar-refractivity contribution in [1.82, 2.24) is 0 Å². The normalized spacial score (nSPS) is 11.5. The van der Waals surface area contributed by atoms with Gasteiger partial charge in [0.15, 0.2) is 11.6 Å². The molecule has 0 radical (unpaired) electrons. The summed E-state index contributed by atoms with van der Waals surface area (Å²) in [4.78, 5) is 0. The van der Waals surface area contributed by atoms with E-state index in [1.165, 1.54) is 17.7 Å². The maximum absolute atomic E-state index is 15.0. The molecule has 0 fully saturated rings. The van der Waals surface area contributed by atoms with E-state index in [-0.39, 0.29) is 11.1 Å². The fraction of sp³-hybridized carbons (Fsp3) is 0.200. The zero-order valence-electron chi connectivity index (χ0n) is 20.0. The molecule has 0 N–H and O–H groups in total. The summed E-state index contributed by atoms with van der Waals surface area (Å²) < 4.78 is 89.5. The molecule has 0 saturated carbocycles. The summed E-state index contributed by atoms with van der Waals surface area (Å²) in [6.45, 7) is 2.15. The first kappa shape index (κ1) is 26.3. The number of hydrogen-bond acceptors (Lipinski definition) is 1. The van der Waals surface area contributed by atoms with Crippen molar-refractivity contribution in [3.05, 3.63) is 113 Å². The van der Waals surface area contributed by atoms with Gasteiger partial charge in [-0.25, -0.2) is 17.6 Å². The number of rotatable bonds is 9. The van der Waals surface area contributed by atoms with Crippen LogP contribution in [0.5, 0.6) is 5.75 Å². The molecule has 4 aromatic rings. The Labute approximate surface area is 211 Å². The van der Waals surface area contributed by atoms with Gasteiger partial charge in [-0.15, -0.1) is 0 Å². The third-order valence-corrected chi connectivity index (χ3v) is 6.06. The van der Waals surface area contributed by atoms with Gasteiger partial charge in [0.05, 0.1) is 5.56 Å². The zero-order valence-corrected chi connectivity index (χ0v) is 20.0. The van der Waals surface area contributed by atoms with Crippen LogP contribution in [0.15, 0.2) is 78.9 Å². The highest BCUT2D eigenvalue weighted by atomic mass is 19.3. The van der Waals surface area contributed by atoms with E-state index < -0.39 is 40.7 Å². The molecule has 37 heavy (non-hydrogen) atoms. The van der Waals surface area contributed by atoms with Gasteiger partial charge in [0.1, 0.15) is 17.4 Å². The number of ether oxygens (including phenoxy) is 1. The Bertz CT molecular complexity index is 1380. The number of hydrogen-bond donors (Lipinski definition) is 0. The van der Waals surface area contributed by atoms with Crippen molar-refractivity contribution in [2.24, 2.45) is 0 Å². The second kappa shape index (κ2) is 11.1. The van der Waals surface area contributed by atoms with Gasteiger partial charge < -0.3 is 4.74 Å². The van der Waals surface area contributed by atoms with Crippen LogP contribution in [0.1, 0.15) is 37.3 Å². The van der Waals surface area contributed by atoms with Crippen molar-refractivity contribution in [3.63, 3.8) is 0 Å². The molecule has 0 aliphatic heterocycles. The van der Waals surface area contributed by atoms with Crippen LogP contribution in [0.2, 0.25) is 0 Å². The lowest BCUT2D eigenvalue weighted by atomic mass is 9.97. The number of unbranched alkanes of at least 4 members (excludes halogenated alkanes) is 2. The lowest BCUT2D eigenvalue weighted by molar-refractivity contribution is -0.187. The standard InChI is InChI=1S/C30H24F6O/c1-2-3-4-5-19-6-8-20(9-7-19)21-10-13-24(27(32)16-21)22-11-14-25(28(33)17-22)30(35,36)37-23-12-15-26(31)29(34)18-23/h6-18H,2-5H2,1H3. The van der Waals surface area contributed by atoms with E-state index in [0.29, 0.717) is 17.7 Å². The molecule has 0 aliphatic rings. The van der Waals surface area contributed by atoms with Crippen molar-refractivity contribution in [1.29, 1.82) is 0 Å². The molecule has 4 aromatic carbocycles. The van der Waals surface area contributed by atoms with Gasteiger partial charge in [0.25, 0.3) is 0 Å². The molecule has 0 amide bonds. The van der Waals surface area contributed by atoms with Crippen LogP contribution in [-0.4, -0.2) is 0 Å².